The zero-order valence-electron chi connectivity index (χ0n) is 8.41. The van der Waals surface area contributed by atoms with Gasteiger partial charge in [-0.05, 0) is 18.1 Å². The first kappa shape index (κ1) is 10.8. The summed E-state index contributed by atoms with van der Waals surface area (Å²) in [6, 6.07) is 3.67. The topological polar surface area (TPSA) is 63.1 Å². The van der Waals surface area contributed by atoms with Gasteiger partial charge in [-0.1, -0.05) is 6.07 Å². The molecule has 82 valence electrons. The van der Waals surface area contributed by atoms with Crippen LogP contribution in [-0.4, -0.2) is 21.0 Å². The Bertz CT molecular complexity index is 456. The number of carboxylic acid groups (broad SMARTS) is 1. The molecule has 2 aromatic rings. The molecule has 0 aliphatic rings. The molecule has 0 aromatic carbocycles. The summed E-state index contributed by atoms with van der Waals surface area (Å²) in [7, 11) is 0. The summed E-state index contributed by atoms with van der Waals surface area (Å²) in [5.74, 6) is -1.43. The fraction of sp³-hybridized carbons (Fsp3) is 0.182. The fourth-order valence-corrected chi connectivity index (χ4v) is 2.17. The van der Waals surface area contributed by atoms with E-state index in [1.807, 2.05) is 6.07 Å². The zero-order valence-corrected chi connectivity index (χ0v) is 9.22. The molecule has 1 atom stereocenters. The number of thiazole rings is 1. The molecular formula is C11H10N2O2S. The van der Waals surface area contributed by atoms with Crippen molar-refractivity contribution in [2.45, 2.75) is 12.3 Å². The molecule has 5 heteroatoms. The minimum absolute atomic E-state index is 0.427. The number of rotatable bonds is 4. The summed E-state index contributed by atoms with van der Waals surface area (Å²) in [6.45, 7) is 0. The van der Waals surface area contributed by atoms with Crippen LogP contribution in [0.5, 0.6) is 0 Å². The highest BCUT2D eigenvalue weighted by atomic mass is 32.1. The molecular weight excluding hydrogens is 224 g/mol. The molecule has 0 saturated heterocycles. The van der Waals surface area contributed by atoms with Gasteiger partial charge in [0.15, 0.2) is 0 Å². The summed E-state index contributed by atoms with van der Waals surface area (Å²) in [5, 5.41) is 11.6. The van der Waals surface area contributed by atoms with Crippen molar-refractivity contribution < 1.29 is 9.90 Å². The molecule has 0 saturated carbocycles. The summed E-state index contributed by atoms with van der Waals surface area (Å²) in [5.41, 5.74) is 0.908. The number of carbonyl (C=O) groups is 1. The van der Waals surface area contributed by atoms with Gasteiger partial charge < -0.3 is 5.11 Å². The molecule has 2 aromatic heterocycles. The van der Waals surface area contributed by atoms with Crippen molar-refractivity contribution in [1.82, 2.24) is 9.97 Å². The number of hydrogen-bond donors (Lipinski definition) is 1. The maximum atomic E-state index is 11.1. The maximum Gasteiger partial charge on any atom is 0.313 e. The first-order chi connectivity index (χ1) is 7.77. The van der Waals surface area contributed by atoms with Crippen LogP contribution in [0.15, 0.2) is 36.1 Å². The number of aromatic nitrogens is 2. The van der Waals surface area contributed by atoms with Crippen LogP contribution in [0.25, 0.3) is 0 Å². The highest BCUT2D eigenvalue weighted by molar-refractivity contribution is 7.09. The van der Waals surface area contributed by atoms with Crippen molar-refractivity contribution in [3.63, 3.8) is 0 Å². The first-order valence-electron chi connectivity index (χ1n) is 4.78. The second-order valence-electron chi connectivity index (χ2n) is 3.33. The molecule has 0 fully saturated rings. The molecule has 0 bridgehead atoms. The van der Waals surface area contributed by atoms with E-state index < -0.39 is 11.9 Å². The first-order valence-corrected chi connectivity index (χ1v) is 5.66. The van der Waals surface area contributed by atoms with E-state index in [0.717, 1.165) is 5.56 Å². The third-order valence-electron chi connectivity index (χ3n) is 2.21. The Balaban J connectivity index is 2.19. The van der Waals surface area contributed by atoms with E-state index in [2.05, 4.69) is 9.97 Å². The largest absolute Gasteiger partial charge is 0.481 e. The SMILES string of the molecule is O=C(O)C(Cc1cccnc1)c1nccs1. The van der Waals surface area contributed by atoms with E-state index in [1.165, 1.54) is 11.3 Å². The summed E-state index contributed by atoms with van der Waals surface area (Å²) in [6.07, 6.45) is 5.40. The van der Waals surface area contributed by atoms with Gasteiger partial charge in [0.2, 0.25) is 0 Å². The van der Waals surface area contributed by atoms with Crippen molar-refractivity contribution in [2.24, 2.45) is 0 Å². The van der Waals surface area contributed by atoms with Crippen LogP contribution < -0.4 is 0 Å². The smallest absolute Gasteiger partial charge is 0.313 e. The molecule has 2 rings (SSSR count). The van der Waals surface area contributed by atoms with Gasteiger partial charge in [0.25, 0.3) is 0 Å². The van der Waals surface area contributed by atoms with Crippen molar-refractivity contribution in [3.8, 4) is 0 Å². The lowest BCUT2D eigenvalue weighted by Crippen LogP contribution is -2.14. The number of nitrogens with zero attached hydrogens (tertiary/aromatic N) is 2. The van der Waals surface area contributed by atoms with E-state index in [-0.39, 0.29) is 0 Å². The fourth-order valence-electron chi connectivity index (χ4n) is 1.44. The summed E-state index contributed by atoms with van der Waals surface area (Å²) >= 11 is 1.37. The van der Waals surface area contributed by atoms with Gasteiger partial charge in [-0.25, -0.2) is 4.98 Å². The Morgan fingerprint density at radius 1 is 1.50 bits per heavy atom. The van der Waals surface area contributed by atoms with Gasteiger partial charge in [0.1, 0.15) is 10.9 Å². The predicted molar refractivity (Wildman–Crippen MR) is 60.4 cm³/mol. The lowest BCUT2D eigenvalue weighted by molar-refractivity contribution is -0.138. The van der Waals surface area contributed by atoms with Gasteiger partial charge in [-0.15, -0.1) is 11.3 Å². The Kier molecular flexibility index (Phi) is 3.26. The zero-order chi connectivity index (χ0) is 11.4. The predicted octanol–water partition coefficient (Wildman–Crippen LogP) is 1.95. The molecule has 0 spiro atoms. The Morgan fingerprint density at radius 2 is 2.38 bits per heavy atom. The van der Waals surface area contributed by atoms with Crippen LogP contribution >= 0.6 is 11.3 Å². The minimum Gasteiger partial charge on any atom is -0.481 e. The van der Waals surface area contributed by atoms with E-state index in [0.29, 0.717) is 11.4 Å². The molecule has 2 heterocycles. The Labute approximate surface area is 96.6 Å². The lowest BCUT2D eigenvalue weighted by Gasteiger charge is -2.08. The highest BCUT2D eigenvalue weighted by Crippen LogP contribution is 2.22. The quantitative estimate of drug-likeness (QED) is 0.878. The Hall–Kier alpha value is -1.75. The van der Waals surface area contributed by atoms with Crippen LogP contribution in [0.3, 0.4) is 0 Å². The van der Waals surface area contributed by atoms with Gasteiger partial charge in [-0.3, -0.25) is 9.78 Å². The number of carboxylic acids is 1. The van der Waals surface area contributed by atoms with Gasteiger partial charge in [0.05, 0.1) is 0 Å². The molecule has 16 heavy (non-hydrogen) atoms. The van der Waals surface area contributed by atoms with E-state index in [4.69, 9.17) is 5.11 Å². The molecule has 1 unspecified atom stereocenters. The molecule has 4 nitrogen and oxygen atoms in total. The highest BCUT2D eigenvalue weighted by Gasteiger charge is 2.22. The molecule has 0 aliphatic heterocycles. The van der Waals surface area contributed by atoms with Crippen molar-refractivity contribution in [3.05, 3.63) is 46.7 Å². The second kappa shape index (κ2) is 4.85. The van der Waals surface area contributed by atoms with Crippen LogP contribution in [0.4, 0.5) is 0 Å². The molecule has 0 aliphatic carbocycles. The van der Waals surface area contributed by atoms with E-state index >= 15 is 0 Å². The standard InChI is InChI=1S/C11H10N2O2S/c14-11(15)9(10-13-4-5-16-10)6-8-2-1-3-12-7-8/h1-5,7,9H,6H2,(H,14,15). The maximum absolute atomic E-state index is 11.1. The molecule has 0 radical (unpaired) electrons. The third kappa shape index (κ3) is 2.43. The Morgan fingerprint density at radius 3 is 2.94 bits per heavy atom. The summed E-state index contributed by atoms with van der Waals surface area (Å²) < 4.78 is 0. The van der Waals surface area contributed by atoms with Gasteiger partial charge >= 0.3 is 5.97 Å². The molecule has 0 amide bonds. The number of pyridine rings is 1. The normalized spacial score (nSPS) is 12.2. The van der Waals surface area contributed by atoms with Gasteiger partial charge in [0, 0.05) is 24.0 Å². The van der Waals surface area contributed by atoms with Gasteiger partial charge in [-0.2, -0.15) is 0 Å². The van der Waals surface area contributed by atoms with Crippen molar-refractivity contribution in [2.75, 3.05) is 0 Å². The average molecular weight is 234 g/mol. The minimum atomic E-state index is -0.848. The van der Waals surface area contributed by atoms with Crippen molar-refractivity contribution in [1.29, 1.82) is 0 Å². The van der Waals surface area contributed by atoms with Crippen LogP contribution in [-0.2, 0) is 11.2 Å². The van der Waals surface area contributed by atoms with Crippen molar-refractivity contribution >= 4 is 17.3 Å². The monoisotopic (exact) mass is 234 g/mol. The van der Waals surface area contributed by atoms with Crippen LogP contribution in [0.1, 0.15) is 16.5 Å². The number of aliphatic carboxylic acids is 1. The summed E-state index contributed by atoms with van der Waals surface area (Å²) in [4.78, 5) is 19.2. The van der Waals surface area contributed by atoms with Crippen LogP contribution in [0, 0.1) is 0 Å². The van der Waals surface area contributed by atoms with Crippen LogP contribution in [0.2, 0.25) is 0 Å². The second-order valence-corrected chi connectivity index (χ2v) is 4.25. The lowest BCUT2D eigenvalue weighted by atomic mass is 10.0. The van der Waals surface area contributed by atoms with E-state index in [9.17, 15) is 4.79 Å². The number of hydrogen-bond acceptors (Lipinski definition) is 4. The third-order valence-corrected chi connectivity index (χ3v) is 3.10. The van der Waals surface area contributed by atoms with E-state index in [1.54, 1.807) is 30.0 Å². The average Bonchev–Trinajstić information content (AvgIpc) is 2.80. The molecule has 1 N–H and O–H groups in total.